The summed E-state index contributed by atoms with van der Waals surface area (Å²) in [6.07, 6.45) is -0.287. The lowest BCUT2D eigenvalue weighted by Gasteiger charge is -2.28. The lowest BCUT2D eigenvalue weighted by atomic mass is 9.95. The lowest BCUT2D eigenvalue weighted by Crippen LogP contribution is -2.45. The number of ether oxygens (including phenoxy) is 2. The topological polar surface area (TPSA) is 96.9 Å². The molecule has 1 unspecified atom stereocenters. The summed E-state index contributed by atoms with van der Waals surface area (Å²) in [7, 11) is 1.44. The summed E-state index contributed by atoms with van der Waals surface area (Å²) in [5.74, 6) is -0.293. The van der Waals surface area contributed by atoms with Crippen LogP contribution in [0.5, 0.6) is 11.5 Å². The van der Waals surface area contributed by atoms with Crippen LogP contribution in [0, 0.1) is 0 Å². The van der Waals surface area contributed by atoms with Crippen LogP contribution in [0.2, 0.25) is 0 Å². The maximum atomic E-state index is 12.4. The van der Waals surface area contributed by atoms with Gasteiger partial charge in [0.15, 0.2) is 11.5 Å². The second-order valence-corrected chi connectivity index (χ2v) is 5.46. The van der Waals surface area contributed by atoms with Crippen molar-refractivity contribution in [2.45, 2.75) is 32.9 Å². The third-order valence-electron chi connectivity index (χ3n) is 3.37. The molecular weight excluding hydrogens is 300 g/mol. The highest BCUT2D eigenvalue weighted by Gasteiger charge is 2.33. The van der Waals surface area contributed by atoms with E-state index >= 15 is 0 Å². The number of carbonyl (C=O) groups is 2. The lowest BCUT2D eigenvalue weighted by molar-refractivity contribution is -0.143. The Morgan fingerprint density at radius 1 is 1.35 bits per heavy atom. The molecule has 0 bridgehead atoms. The molecule has 3 N–H and O–H groups in total. The van der Waals surface area contributed by atoms with Crippen LogP contribution in [0.1, 0.15) is 32.4 Å². The molecule has 1 aromatic rings. The maximum absolute atomic E-state index is 12.4. The highest BCUT2D eigenvalue weighted by Crippen LogP contribution is 2.33. The van der Waals surface area contributed by atoms with E-state index in [4.69, 9.17) is 9.47 Å². The number of phenols is 1. The van der Waals surface area contributed by atoms with Crippen molar-refractivity contribution in [1.29, 1.82) is 0 Å². The van der Waals surface area contributed by atoms with Gasteiger partial charge in [-0.05, 0) is 38.5 Å². The van der Waals surface area contributed by atoms with Crippen LogP contribution in [-0.2, 0) is 9.53 Å². The number of nitrogens with one attached hydrogen (secondary N) is 2. The minimum Gasteiger partial charge on any atom is -0.504 e. The van der Waals surface area contributed by atoms with Gasteiger partial charge < -0.3 is 25.2 Å². The summed E-state index contributed by atoms with van der Waals surface area (Å²) in [5, 5.41) is 15.2. The molecule has 0 spiro atoms. The van der Waals surface area contributed by atoms with Gasteiger partial charge in [-0.1, -0.05) is 6.07 Å². The number of hydrogen-bond acceptors (Lipinski definition) is 5. The van der Waals surface area contributed by atoms with Crippen molar-refractivity contribution in [2.75, 3.05) is 7.11 Å². The minimum atomic E-state index is -0.716. The quantitative estimate of drug-likeness (QED) is 0.737. The van der Waals surface area contributed by atoms with Gasteiger partial charge >= 0.3 is 12.0 Å². The molecule has 0 fully saturated rings. The summed E-state index contributed by atoms with van der Waals surface area (Å²) >= 11 is 0. The predicted molar refractivity (Wildman–Crippen MR) is 83.0 cm³/mol. The van der Waals surface area contributed by atoms with Crippen molar-refractivity contribution in [3.63, 3.8) is 0 Å². The molecule has 23 heavy (non-hydrogen) atoms. The van der Waals surface area contributed by atoms with Gasteiger partial charge in [-0.25, -0.2) is 9.59 Å². The van der Waals surface area contributed by atoms with Crippen molar-refractivity contribution in [3.8, 4) is 11.5 Å². The molecule has 1 heterocycles. The molecule has 7 nitrogen and oxygen atoms in total. The number of aromatic hydroxyl groups is 1. The van der Waals surface area contributed by atoms with E-state index < -0.39 is 18.0 Å². The summed E-state index contributed by atoms with van der Waals surface area (Å²) in [5.41, 5.74) is 1.26. The van der Waals surface area contributed by atoms with Crippen LogP contribution in [-0.4, -0.2) is 30.3 Å². The molecule has 0 radical (unpaired) electrons. The average Bonchev–Trinajstić information content (AvgIpc) is 2.45. The third kappa shape index (κ3) is 3.56. The van der Waals surface area contributed by atoms with Crippen molar-refractivity contribution in [1.82, 2.24) is 10.6 Å². The molecule has 0 aromatic heterocycles. The van der Waals surface area contributed by atoms with E-state index in [0.29, 0.717) is 22.6 Å². The fraction of sp³-hybridized carbons (Fsp3) is 0.375. The summed E-state index contributed by atoms with van der Waals surface area (Å²) < 4.78 is 10.3. The number of methoxy groups -OCH3 is 1. The van der Waals surface area contributed by atoms with E-state index in [9.17, 15) is 14.7 Å². The van der Waals surface area contributed by atoms with Crippen molar-refractivity contribution in [3.05, 3.63) is 35.0 Å². The van der Waals surface area contributed by atoms with E-state index in [1.807, 2.05) is 0 Å². The number of urea groups is 1. The van der Waals surface area contributed by atoms with Gasteiger partial charge in [0, 0.05) is 5.70 Å². The Hall–Kier alpha value is -2.70. The van der Waals surface area contributed by atoms with E-state index in [1.54, 1.807) is 32.9 Å². The molecule has 1 aliphatic heterocycles. The second kappa shape index (κ2) is 6.60. The molecule has 0 saturated heterocycles. The van der Waals surface area contributed by atoms with Gasteiger partial charge in [0.1, 0.15) is 0 Å². The molecule has 2 amide bonds. The summed E-state index contributed by atoms with van der Waals surface area (Å²) in [4.78, 5) is 24.1. The molecule has 0 aliphatic carbocycles. The van der Waals surface area contributed by atoms with E-state index in [2.05, 4.69) is 10.6 Å². The number of rotatable bonds is 4. The van der Waals surface area contributed by atoms with Gasteiger partial charge in [-0.15, -0.1) is 0 Å². The molecule has 1 aliphatic rings. The number of hydrogen-bond donors (Lipinski definition) is 3. The molecule has 7 heteroatoms. The first kappa shape index (κ1) is 16.7. The number of amides is 2. The Balaban J connectivity index is 2.44. The SMILES string of the molecule is COc1ccc(C2NC(=O)NC(C)=C2C(=O)OC(C)C)cc1O. The molecule has 2 rings (SSSR count). The standard InChI is InChI=1S/C16H20N2O5/c1-8(2)23-15(20)13-9(3)17-16(21)18-14(13)10-5-6-12(22-4)11(19)7-10/h5-8,14,19H,1-4H3,(H2,17,18,21). The van der Waals surface area contributed by atoms with Crippen LogP contribution in [0.15, 0.2) is 29.5 Å². The molecular formula is C16H20N2O5. The van der Waals surface area contributed by atoms with E-state index in [1.165, 1.54) is 13.2 Å². The Kier molecular flexibility index (Phi) is 4.78. The van der Waals surface area contributed by atoms with Gasteiger partial charge in [-0.2, -0.15) is 0 Å². The summed E-state index contributed by atoms with van der Waals surface area (Å²) in [6.45, 7) is 5.12. The zero-order valence-corrected chi connectivity index (χ0v) is 13.5. The van der Waals surface area contributed by atoms with Crippen molar-refractivity contribution < 1.29 is 24.2 Å². The molecule has 124 valence electrons. The molecule has 1 aromatic carbocycles. The zero-order chi connectivity index (χ0) is 17.1. The van der Waals surface area contributed by atoms with Crippen LogP contribution < -0.4 is 15.4 Å². The smallest absolute Gasteiger partial charge is 0.338 e. The van der Waals surface area contributed by atoms with Crippen molar-refractivity contribution in [2.24, 2.45) is 0 Å². The fourth-order valence-corrected chi connectivity index (χ4v) is 2.38. The maximum Gasteiger partial charge on any atom is 0.338 e. The summed E-state index contributed by atoms with van der Waals surface area (Å²) in [6, 6.07) is 3.55. The number of esters is 1. The van der Waals surface area contributed by atoms with Crippen LogP contribution in [0.4, 0.5) is 4.79 Å². The highest BCUT2D eigenvalue weighted by molar-refractivity contribution is 5.95. The van der Waals surface area contributed by atoms with Gasteiger partial charge in [-0.3, -0.25) is 0 Å². The third-order valence-corrected chi connectivity index (χ3v) is 3.37. The highest BCUT2D eigenvalue weighted by atomic mass is 16.5. The zero-order valence-electron chi connectivity index (χ0n) is 13.5. The van der Waals surface area contributed by atoms with Crippen LogP contribution >= 0.6 is 0 Å². The van der Waals surface area contributed by atoms with Gasteiger partial charge in [0.25, 0.3) is 0 Å². The Labute approximate surface area is 134 Å². The van der Waals surface area contributed by atoms with E-state index in [-0.39, 0.29) is 11.9 Å². The normalized spacial score (nSPS) is 17.6. The Bertz CT molecular complexity index is 666. The number of phenolic OH excluding ortho intramolecular Hbond substituents is 1. The monoisotopic (exact) mass is 320 g/mol. The Morgan fingerprint density at radius 2 is 2.04 bits per heavy atom. The fourth-order valence-electron chi connectivity index (χ4n) is 2.38. The van der Waals surface area contributed by atoms with Crippen LogP contribution in [0.3, 0.4) is 0 Å². The first-order valence-corrected chi connectivity index (χ1v) is 7.19. The van der Waals surface area contributed by atoms with Crippen LogP contribution in [0.25, 0.3) is 0 Å². The molecule has 1 atom stereocenters. The average molecular weight is 320 g/mol. The largest absolute Gasteiger partial charge is 0.504 e. The minimum absolute atomic E-state index is 0.0768. The van der Waals surface area contributed by atoms with Gasteiger partial charge in [0.05, 0.1) is 24.8 Å². The first-order chi connectivity index (χ1) is 10.8. The van der Waals surface area contributed by atoms with E-state index in [0.717, 1.165) is 0 Å². The number of carbonyl (C=O) groups excluding carboxylic acids is 2. The first-order valence-electron chi connectivity index (χ1n) is 7.19. The van der Waals surface area contributed by atoms with Crippen molar-refractivity contribution >= 4 is 12.0 Å². The van der Waals surface area contributed by atoms with Gasteiger partial charge in [0.2, 0.25) is 0 Å². The number of benzene rings is 1. The molecule has 0 saturated carbocycles. The Morgan fingerprint density at radius 3 is 2.61 bits per heavy atom. The second-order valence-electron chi connectivity index (χ2n) is 5.46. The number of allylic oxidation sites excluding steroid dienone is 1. The predicted octanol–water partition coefficient (Wildman–Crippen LogP) is 1.98.